The molecule has 0 fully saturated rings. The fourth-order valence-corrected chi connectivity index (χ4v) is 1.63. The van der Waals surface area contributed by atoms with Gasteiger partial charge in [0.2, 0.25) is 0 Å². The van der Waals surface area contributed by atoms with Crippen molar-refractivity contribution in [3.05, 3.63) is 21.8 Å². The van der Waals surface area contributed by atoms with Crippen LogP contribution in [-0.2, 0) is 0 Å². The van der Waals surface area contributed by atoms with E-state index in [-0.39, 0.29) is 0 Å². The van der Waals surface area contributed by atoms with E-state index in [0.29, 0.717) is 11.6 Å². The lowest BCUT2D eigenvalue weighted by molar-refractivity contribution is 0.869. The second-order valence-corrected chi connectivity index (χ2v) is 3.84. The summed E-state index contributed by atoms with van der Waals surface area (Å²) in [6.45, 7) is 1.50. The summed E-state index contributed by atoms with van der Waals surface area (Å²) in [5.74, 6) is 0.804. The van der Waals surface area contributed by atoms with E-state index in [2.05, 4.69) is 26.2 Å². The number of hydrogen-bond acceptors (Lipinski definition) is 3. The molecule has 1 heterocycles. The van der Waals surface area contributed by atoms with Gasteiger partial charge in [0, 0.05) is 12.7 Å². The van der Waals surface area contributed by atoms with Crippen molar-refractivity contribution in [3.63, 3.8) is 0 Å². The second kappa shape index (κ2) is 5.42. The van der Waals surface area contributed by atoms with Gasteiger partial charge in [0.25, 0.3) is 0 Å². The highest BCUT2D eigenvalue weighted by atomic mass is 79.9. The molecule has 0 aliphatic rings. The maximum atomic E-state index is 5.74. The Morgan fingerprint density at radius 2 is 2.38 bits per heavy atom. The Kier molecular flexibility index (Phi) is 4.48. The van der Waals surface area contributed by atoms with Crippen LogP contribution in [-0.4, -0.2) is 18.1 Å². The number of halogens is 2. The molecule has 0 saturated carbocycles. The maximum Gasteiger partial charge on any atom is 0.140 e. The van der Waals surface area contributed by atoms with Crippen LogP contribution in [0.4, 0.5) is 5.82 Å². The summed E-state index contributed by atoms with van der Waals surface area (Å²) in [6, 6.07) is 1.80. The van der Waals surface area contributed by atoms with Gasteiger partial charge in [-0.3, -0.25) is 0 Å². The third kappa shape index (κ3) is 3.50. The highest BCUT2D eigenvalue weighted by molar-refractivity contribution is 9.10. The van der Waals surface area contributed by atoms with Crippen molar-refractivity contribution in [3.8, 4) is 0 Å². The number of rotatable bonds is 4. The van der Waals surface area contributed by atoms with E-state index < -0.39 is 0 Å². The van der Waals surface area contributed by atoms with E-state index in [1.54, 1.807) is 12.3 Å². The van der Waals surface area contributed by atoms with Crippen LogP contribution in [0.15, 0.2) is 16.7 Å². The minimum Gasteiger partial charge on any atom is -0.369 e. The first-order valence-corrected chi connectivity index (χ1v) is 5.16. The first-order valence-electron chi connectivity index (χ1n) is 3.99. The van der Waals surface area contributed by atoms with Crippen molar-refractivity contribution in [2.45, 2.75) is 6.42 Å². The van der Waals surface area contributed by atoms with Crippen LogP contribution in [0, 0.1) is 0 Å². The van der Waals surface area contributed by atoms with Crippen LogP contribution in [0.5, 0.6) is 0 Å². The molecule has 0 saturated heterocycles. The number of nitrogens with one attached hydrogen (secondary N) is 1. The number of nitrogens with zero attached hydrogens (tertiary/aromatic N) is 1. The molecular weight excluding hydrogens is 253 g/mol. The predicted octanol–water partition coefficient (Wildman–Crippen LogP) is 2.26. The smallest absolute Gasteiger partial charge is 0.140 e. The van der Waals surface area contributed by atoms with Crippen molar-refractivity contribution >= 4 is 33.3 Å². The molecule has 3 nitrogen and oxygen atoms in total. The molecule has 0 radical (unpaired) electrons. The molecule has 0 aliphatic carbocycles. The molecule has 0 aromatic carbocycles. The Morgan fingerprint density at radius 3 is 3.00 bits per heavy atom. The van der Waals surface area contributed by atoms with Gasteiger partial charge >= 0.3 is 0 Å². The third-order valence-electron chi connectivity index (χ3n) is 1.48. The fraction of sp³-hybridized carbons (Fsp3) is 0.375. The van der Waals surface area contributed by atoms with Crippen molar-refractivity contribution in [1.82, 2.24) is 4.98 Å². The molecule has 0 bridgehead atoms. The fourth-order valence-electron chi connectivity index (χ4n) is 0.854. The van der Waals surface area contributed by atoms with Gasteiger partial charge in [0.15, 0.2) is 0 Å². The van der Waals surface area contributed by atoms with Crippen LogP contribution >= 0.6 is 27.5 Å². The van der Waals surface area contributed by atoms with Crippen molar-refractivity contribution in [2.24, 2.45) is 5.73 Å². The Balaban J connectivity index is 2.56. The molecule has 0 spiro atoms. The minimum absolute atomic E-state index is 0.622. The summed E-state index contributed by atoms with van der Waals surface area (Å²) in [4.78, 5) is 4.12. The first kappa shape index (κ1) is 10.8. The summed E-state index contributed by atoms with van der Waals surface area (Å²) < 4.78 is 0.872. The summed E-state index contributed by atoms with van der Waals surface area (Å²) in [5, 5.41) is 3.77. The largest absolute Gasteiger partial charge is 0.369 e. The molecule has 0 atom stereocenters. The van der Waals surface area contributed by atoms with E-state index in [4.69, 9.17) is 17.3 Å². The van der Waals surface area contributed by atoms with Gasteiger partial charge in [-0.1, -0.05) is 11.6 Å². The number of pyridine rings is 1. The van der Waals surface area contributed by atoms with Gasteiger partial charge in [0.1, 0.15) is 5.82 Å². The van der Waals surface area contributed by atoms with Crippen LogP contribution in [0.25, 0.3) is 0 Å². The Bertz CT molecular complexity index is 280. The molecule has 3 N–H and O–H groups in total. The van der Waals surface area contributed by atoms with Gasteiger partial charge in [0.05, 0.1) is 9.50 Å². The Labute approximate surface area is 90.8 Å². The van der Waals surface area contributed by atoms with E-state index >= 15 is 0 Å². The third-order valence-corrected chi connectivity index (χ3v) is 2.29. The normalized spacial score (nSPS) is 10.1. The zero-order valence-corrected chi connectivity index (χ0v) is 9.40. The zero-order valence-electron chi connectivity index (χ0n) is 7.06. The second-order valence-electron chi connectivity index (χ2n) is 2.55. The molecule has 0 aliphatic heterocycles. The van der Waals surface area contributed by atoms with Gasteiger partial charge < -0.3 is 11.1 Å². The molecule has 1 aromatic rings. The summed E-state index contributed by atoms with van der Waals surface area (Å²) in [7, 11) is 0. The van der Waals surface area contributed by atoms with Crippen molar-refractivity contribution in [1.29, 1.82) is 0 Å². The van der Waals surface area contributed by atoms with Crippen molar-refractivity contribution < 1.29 is 0 Å². The average Bonchev–Trinajstić information content (AvgIpc) is 2.09. The maximum absolute atomic E-state index is 5.74. The van der Waals surface area contributed by atoms with Gasteiger partial charge in [-0.25, -0.2) is 4.98 Å². The molecule has 0 unspecified atom stereocenters. The number of nitrogens with two attached hydrogens (primary N) is 1. The van der Waals surface area contributed by atoms with E-state index in [1.165, 1.54) is 0 Å². The lowest BCUT2D eigenvalue weighted by Gasteiger charge is -2.06. The highest BCUT2D eigenvalue weighted by Crippen LogP contribution is 2.22. The molecule has 5 heteroatoms. The highest BCUT2D eigenvalue weighted by Gasteiger charge is 2.00. The predicted molar refractivity (Wildman–Crippen MR) is 59.1 cm³/mol. The Morgan fingerprint density at radius 1 is 1.62 bits per heavy atom. The minimum atomic E-state index is 0.622. The zero-order chi connectivity index (χ0) is 9.68. The van der Waals surface area contributed by atoms with Gasteiger partial charge in [-0.15, -0.1) is 0 Å². The first-order chi connectivity index (χ1) is 6.24. The average molecular weight is 265 g/mol. The lowest BCUT2D eigenvalue weighted by atomic mass is 10.4. The summed E-state index contributed by atoms with van der Waals surface area (Å²) >= 11 is 9.10. The van der Waals surface area contributed by atoms with Crippen molar-refractivity contribution in [2.75, 3.05) is 18.4 Å². The number of aromatic nitrogens is 1. The van der Waals surface area contributed by atoms with Gasteiger partial charge in [-0.2, -0.15) is 0 Å². The van der Waals surface area contributed by atoms with Crippen LogP contribution < -0.4 is 11.1 Å². The van der Waals surface area contributed by atoms with Crippen LogP contribution in [0.3, 0.4) is 0 Å². The molecule has 0 amide bonds. The number of anilines is 1. The van der Waals surface area contributed by atoms with Gasteiger partial charge in [-0.05, 0) is 35.0 Å². The molecule has 1 rings (SSSR count). The molecule has 13 heavy (non-hydrogen) atoms. The monoisotopic (exact) mass is 263 g/mol. The molecule has 1 aromatic heterocycles. The van der Waals surface area contributed by atoms with E-state index in [1.807, 2.05) is 0 Å². The molecular formula is C8H11BrClN3. The standard InChI is InChI=1S/C8H11BrClN3/c9-7-4-6(10)5-13-8(7)12-3-1-2-11/h4-5H,1-3,11H2,(H,12,13). The SMILES string of the molecule is NCCCNc1ncc(Cl)cc1Br. The topological polar surface area (TPSA) is 50.9 Å². The number of hydrogen-bond donors (Lipinski definition) is 2. The molecule has 72 valence electrons. The lowest BCUT2D eigenvalue weighted by Crippen LogP contribution is -2.09. The summed E-state index contributed by atoms with van der Waals surface area (Å²) in [5.41, 5.74) is 5.36. The summed E-state index contributed by atoms with van der Waals surface area (Å²) in [6.07, 6.45) is 2.54. The Hall–Kier alpha value is -0.320. The van der Waals surface area contributed by atoms with E-state index in [0.717, 1.165) is 23.3 Å². The van der Waals surface area contributed by atoms with E-state index in [9.17, 15) is 0 Å². The van der Waals surface area contributed by atoms with Crippen LogP contribution in [0.1, 0.15) is 6.42 Å². The van der Waals surface area contributed by atoms with Crippen LogP contribution in [0.2, 0.25) is 5.02 Å². The quantitative estimate of drug-likeness (QED) is 0.820.